The Morgan fingerprint density at radius 3 is 2.81 bits per heavy atom. The highest BCUT2D eigenvalue weighted by molar-refractivity contribution is 8.16. The van der Waals surface area contributed by atoms with Gasteiger partial charge in [-0.1, -0.05) is 30.0 Å². The zero-order valence-electron chi connectivity index (χ0n) is 14.6. The summed E-state index contributed by atoms with van der Waals surface area (Å²) in [4.78, 5) is 19.6. The molecule has 2 saturated heterocycles. The maximum Gasteiger partial charge on any atom is 0.253 e. The van der Waals surface area contributed by atoms with Crippen molar-refractivity contribution in [1.82, 2.24) is 0 Å². The number of anilines is 1. The summed E-state index contributed by atoms with van der Waals surface area (Å²) < 4.78 is 29.7. The second-order valence-electron chi connectivity index (χ2n) is 6.39. The molecule has 4 rings (SSSR count). The van der Waals surface area contributed by atoms with Crippen LogP contribution in [0, 0.1) is 0 Å². The number of carbonyl (C=O) groups is 1. The van der Waals surface area contributed by atoms with Crippen molar-refractivity contribution < 1.29 is 17.9 Å². The van der Waals surface area contributed by atoms with Crippen molar-refractivity contribution in [3.8, 4) is 5.75 Å². The lowest BCUT2D eigenvalue weighted by atomic mass is 10.2. The molecule has 1 amide bonds. The van der Waals surface area contributed by atoms with E-state index in [9.17, 15) is 13.2 Å². The third-order valence-electron chi connectivity index (χ3n) is 4.54. The quantitative estimate of drug-likeness (QED) is 0.754. The molecule has 0 radical (unpaired) electrons. The van der Waals surface area contributed by atoms with Crippen LogP contribution in [0.1, 0.15) is 4.88 Å². The lowest BCUT2D eigenvalue weighted by Crippen LogP contribution is -2.38. The number of thiophene rings is 1. The van der Waals surface area contributed by atoms with Gasteiger partial charge in [-0.3, -0.25) is 4.79 Å². The van der Waals surface area contributed by atoms with Crippen LogP contribution < -0.4 is 9.64 Å². The first-order chi connectivity index (χ1) is 13.0. The molecule has 2 atom stereocenters. The van der Waals surface area contributed by atoms with Gasteiger partial charge in [0.15, 0.2) is 15.0 Å². The van der Waals surface area contributed by atoms with E-state index in [1.54, 1.807) is 7.11 Å². The van der Waals surface area contributed by atoms with Gasteiger partial charge >= 0.3 is 0 Å². The number of aliphatic imine (C=N–C) groups is 1. The van der Waals surface area contributed by atoms with Crippen LogP contribution in [0.4, 0.5) is 5.69 Å². The van der Waals surface area contributed by atoms with E-state index in [2.05, 4.69) is 4.99 Å². The molecule has 0 aliphatic carbocycles. The molecular weight excluding hydrogens is 404 g/mol. The Morgan fingerprint density at radius 2 is 2.07 bits per heavy atom. The Balaban J connectivity index is 1.70. The van der Waals surface area contributed by atoms with E-state index >= 15 is 0 Å². The standard InChI is InChI=1S/C18H18N2O4S3/c1-24-15-7-3-2-6-13(15)20-14-10-27(22,23)11-16(14)26-18(20)19-17(21)9-12-5-4-8-25-12/h2-8,14,16H,9-11H2,1H3. The van der Waals surface area contributed by atoms with Crippen LogP contribution in [-0.2, 0) is 21.1 Å². The molecule has 142 valence electrons. The largest absolute Gasteiger partial charge is 0.495 e. The van der Waals surface area contributed by atoms with E-state index in [1.807, 2.05) is 46.7 Å². The third kappa shape index (κ3) is 3.76. The number of thioether (sulfide) groups is 1. The van der Waals surface area contributed by atoms with Crippen LogP contribution >= 0.6 is 23.1 Å². The van der Waals surface area contributed by atoms with Gasteiger partial charge in [-0.2, -0.15) is 4.99 Å². The number of fused-ring (bicyclic) bond motifs is 1. The number of benzene rings is 1. The second-order valence-corrected chi connectivity index (χ2v) is 10.8. The molecule has 2 aliphatic heterocycles. The highest BCUT2D eigenvalue weighted by atomic mass is 32.2. The Labute approximate surface area is 166 Å². The number of sulfone groups is 1. The molecule has 2 aliphatic rings. The average Bonchev–Trinajstić information content (AvgIpc) is 3.29. The molecule has 3 heterocycles. The van der Waals surface area contributed by atoms with Crippen LogP contribution in [0.2, 0.25) is 0 Å². The maximum atomic E-state index is 12.5. The zero-order chi connectivity index (χ0) is 19.0. The minimum atomic E-state index is -3.10. The highest BCUT2D eigenvalue weighted by Gasteiger charge is 2.50. The predicted octanol–water partition coefficient (Wildman–Crippen LogP) is 2.60. The Kier molecular flexibility index (Phi) is 5.00. The van der Waals surface area contributed by atoms with Gasteiger partial charge in [0.05, 0.1) is 36.8 Å². The zero-order valence-corrected chi connectivity index (χ0v) is 17.0. The minimum absolute atomic E-state index is 0.0564. The summed E-state index contributed by atoms with van der Waals surface area (Å²) in [6, 6.07) is 11.0. The number of carbonyl (C=O) groups excluding carboxylic acids is 1. The fourth-order valence-electron chi connectivity index (χ4n) is 3.38. The molecule has 2 unspecified atom stereocenters. The lowest BCUT2D eigenvalue weighted by molar-refractivity contribution is -0.117. The molecule has 0 N–H and O–H groups in total. The van der Waals surface area contributed by atoms with Crippen molar-refractivity contribution >= 4 is 49.7 Å². The van der Waals surface area contributed by atoms with Crippen LogP contribution in [0.3, 0.4) is 0 Å². The molecule has 0 saturated carbocycles. The first-order valence-electron chi connectivity index (χ1n) is 8.40. The number of hydrogen-bond acceptors (Lipinski definition) is 6. The fourth-order valence-corrected chi connectivity index (χ4v) is 8.00. The van der Waals surface area contributed by atoms with Gasteiger partial charge in [0.25, 0.3) is 5.91 Å². The first kappa shape index (κ1) is 18.5. The molecule has 0 bridgehead atoms. The van der Waals surface area contributed by atoms with Crippen molar-refractivity contribution in [2.45, 2.75) is 17.7 Å². The van der Waals surface area contributed by atoms with E-state index in [-0.39, 0.29) is 35.1 Å². The summed E-state index contributed by atoms with van der Waals surface area (Å²) in [6.45, 7) is 0. The van der Waals surface area contributed by atoms with Crippen molar-refractivity contribution in [1.29, 1.82) is 0 Å². The van der Waals surface area contributed by atoms with Gasteiger partial charge in [0.2, 0.25) is 0 Å². The van der Waals surface area contributed by atoms with Crippen LogP contribution in [0.5, 0.6) is 5.75 Å². The Morgan fingerprint density at radius 1 is 1.26 bits per heavy atom. The Hall–Kier alpha value is -1.84. The summed E-state index contributed by atoms with van der Waals surface area (Å²) in [7, 11) is -1.53. The number of ether oxygens (including phenoxy) is 1. The van der Waals surface area contributed by atoms with E-state index in [1.165, 1.54) is 23.1 Å². The lowest BCUT2D eigenvalue weighted by Gasteiger charge is -2.26. The second kappa shape index (κ2) is 7.29. The van der Waals surface area contributed by atoms with E-state index in [4.69, 9.17) is 4.74 Å². The summed E-state index contributed by atoms with van der Waals surface area (Å²) in [6.07, 6.45) is 0.245. The molecule has 2 aromatic rings. The number of hydrogen-bond donors (Lipinski definition) is 0. The molecule has 9 heteroatoms. The van der Waals surface area contributed by atoms with E-state index in [0.29, 0.717) is 10.9 Å². The highest BCUT2D eigenvalue weighted by Crippen LogP contribution is 2.43. The summed E-state index contributed by atoms with van der Waals surface area (Å²) in [5.41, 5.74) is 0.736. The molecule has 1 aromatic heterocycles. The maximum absolute atomic E-state index is 12.5. The number of amides is 1. The van der Waals surface area contributed by atoms with Gasteiger partial charge in [-0.25, -0.2) is 8.42 Å². The first-order valence-corrected chi connectivity index (χ1v) is 12.0. The molecule has 27 heavy (non-hydrogen) atoms. The summed E-state index contributed by atoms with van der Waals surface area (Å²) in [5, 5.41) is 2.34. The van der Waals surface area contributed by atoms with Crippen LogP contribution in [0.25, 0.3) is 0 Å². The van der Waals surface area contributed by atoms with Gasteiger partial charge in [0, 0.05) is 10.1 Å². The molecule has 2 fully saturated rings. The monoisotopic (exact) mass is 422 g/mol. The van der Waals surface area contributed by atoms with E-state index < -0.39 is 9.84 Å². The van der Waals surface area contributed by atoms with Crippen LogP contribution in [-0.4, -0.2) is 49.4 Å². The average molecular weight is 423 g/mol. The summed E-state index contributed by atoms with van der Waals surface area (Å²) in [5.74, 6) is 0.552. The predicted molar refractivity (Wildman–Crippen MR) is 110 cm³/mol. The summed E-state index contributed by atoms with van der Waals surface area (Å²) >= 11 is 2.89. The van der Waals surface area contributed by atoms with Gasteiger partial charge in [0.1, 0.15) is 5.75 Å². The van der Waals surface area contributed by atoms with Crippen molar-refractivity contribution in [2.75, 3.05) is 23.5 Å². The SMILES string of the molecule is COc1ccccc1N1C(=NC(=O)Cc2cccs2)SC2CS(=O)(=O)CC21. The number of amidine groups is 1. The Bertz CT molecular complexity index is 986. The number of para-hydroxylation sites is 2. The van der Waals surface area contributed by atoms with Crippen molar-refractivity contribution in [3.63, 3.8) is 0 Å². The molecule has 6 nitrogen and oxygen atoms in total. The van der Waals surface area contributed by atoms with Gasteiger partial charge in [-0.15, -0.1) is 11.3 Å². The molecule has 1 aromatic carbocycles. The van der Waals surface area contributed by atoms with Crippen molar-refractivity contribution in [2.24, 2.45) is 4.99 Å². The number of methoxy groups -OCH3 is 1. The van der Waals surface area contributed by atoms with Crippen molar-refractivity contribution in [3.05, 3.63) is 46.7 Å². The number of rotatable bonds is 4. The normalized spacial score (nSPS) is 24.9. The van der Waals surface area contributed by atoms with Gasteiger partial charge in [-0.05, 0) is 23.6 Å². The number of nitrogens with zero attached hydrogens (tertiary/aromatic N) is 2. The van der Waals surface area contributed by atoms with Crippen LogP contribution in [0.15, 0.2) is 46.8 Å². The van der Waals surface area contributed by atoms with E-state index in [0.717, 1.165) is 10.6 Å². The van der Waals surface area contributed by atoms with Gasteiger partial charge < -0.3 is 9.64 Å². The fraction of sp³-hybridized carbons (Fsp3) is 0.333. The minimum Gasteiger partial charge on any atom is -0.495 e. The molecular formula is C18H18N2O4S3. The third-order valence-corrected chi connectivity index (χ3v) is 8.62. The smallest absolute Gasteiger partial charge is 0.253 e. The topological polar surface area (TPSA) is 76.0 Å². The molecule has 0 spiro atoms.